The molecule has 2 aliphatic rings. The molecule has 0 unspecified atom stereocenters. The minimum Gasteiger partial charge on any atom is -0.393 e. The first-order valence-electron chi connectivity index (χ1n) is 8.63. The Kier molecular flexibility index (Phi) is 5.56. The Labute approximate surface area is 142 Å². The molecular formula is C17H27N3O2S. The fourth-order valence-corrected chi connectivity index (χ4v) is 4.36. The summed E-state index contributed by atoms with van der Waals surface area (Å²) in [6.07, 6.45) is 4.26. The Morgan fingerprint density at radius 2 is 2.22 bits per heavy atom. The molecule has 0 aromatic carbocycles. The van der Waals surface area contributed by atoms with E-state index < -0.39 is 0 Å². The maximum absolute atomic E-state index is 12.0. The summed E-state index contributed by atoms with van der Waals surface area (Å²) in [7, 11) is 0. The number of aliphatic hydroxyl groups is 1. The highest BCUT2D eigenvalue weighted by molar-refractivity contribution is 7.10. The second kappa shape index (κ2) is 7.64. The van der Waals surface area contributed by atoms with Crippen LogP contribution in [0.4, 0.5) is 4.79 Å². The number of hydrogen-bond acceptors (Lipinski definition) is 4. The van der Waals surface area contributed by atoms with Gasteiger partial charge in [-0.1, -0.05) is 0 Å². The lowest BCUT2D eigenvalue weighted by atomic mass is 9.93. The number of carbonyl (C=O) groups is 1. The van der Waals surface area contributed by atoms with Crippen LogP contribution in [0.15, 0.2) is 11.4 Å². The molecule has 128 valence electrons. The molecule has 0 saturated heterocycles. The summed E-state index contributed by atoms with van der Waals surface area (Å²) < 4.78 is 0. The van der Waals surface area contributed by atoms with Gasteiger partial charge in [-0.2, -0.15) is 0 Å². The molecule has 1 aromatic rings. The zero-order chi connectivity index (χ0) is 16.2. The van der Waals surface area contributed by atoms with Crippen molar-refractivity contribution in [3.8, 4) is 0 Å². The zero-order valence-electron chi connectivity index (χ0n) is 13.8. The van der Waals surface area contributed by atoms with Crippen molar-refractivity contribution in [1.29, 1.82) is 0 Å². The molecule has 3 N–H and O–H groups in total. The van der Waals surface area contributed by atoms with Gasteiger partial charge in [0.2, 0.25) is 0 Å². The fraction of sp³-hybridized carbons (Fsp3) is 0.706. The van der Waals surface area contributed by atoms with E-state index in [0.29, 0.717) is 12.6 Å². The van der Waals surface area contributed by atoms with Crippen molar-refractivity contribution in [2.24, 2.45) is 0 Å². The van der Waals surface area contributed by atoms with E-state index in [1.807, 2.05) is 11.3 Å². The molecule has 1 aliphatic carbocycles. The molecule has 23 heavy (non-hydrogen) atoms. The van der Waals surface area contributed by atoms with Crippen molar-refractivity contribution in [3.05, 3.63) is 21.9 Å². The van der Waals surface area contributed by atoms with Gasteiger partial charge in [0.25, 0.3) is 0 Å². The standard InChI is InChI=1S/C17H27N3O2S/c1-12(20-8-6-16-13(11-20)7-9-23-16)10-18-17(22)19-14-2-4-15(21)5-3-14/h7,9,12,14-15,21H,2-6,8,10-11H2,1H3,(H2,18,19,22)/t12-,14?,15?/m1/s1. The number of rotatable bonds is 4. The van der Waals surface area contributed by atoms with Crippen molar-refractivity contribution in [1.82, 2.24) is 15.5 Å². The van der Waals surface area contributed by atoms with E-state index in [1.54, 1.807) is 0 Å². The van der Waals surface area contributed by atoms with Crippen molar-refractivity contribution >= 4 is 17.4 Å². The Morgan fingerprint density at radius 3 is 3.00 bits per heavy atom. The molecule has 1 aromatic heterocycles. The lowest BCUT2D eigenvalue weighted by Crippen LogP contribution is -2.49. The molecular weight excluding hydrogens is 310 g/mol. The van der Waals surface area contributed by atoms with Crippen LogP contribution >= 0.6 is 11.3 Å². The number of thiophene rings is 1. The van der Waals surface area contributed by atoms with Gasteiger partial charge in [-0.25, -0.2) is 4.79 Å². The maximum Gasteiger partial charge on any atom is 0.315 e. The third-order valence-electron chi connectivity index (χ3n) is 5.05. The summed E-state index contributed by atoms with van der Waals surface area (Å²) in [4.78, 5) is 16.0. The van der Waals surface area contributed by atoms with Crippen molar-refractivity contribution in [3.63, 3.8) is 0 Å². The molecule has 0 spiro atoms. The third-order valence-corrected chi connectivity index (χ3v) is 6.07. The average Bonchev–Trinajstić information content (AvgIpc) is 3.02. The first-order valence-corrected chi connectivity index (χ1v) is 9.51. The number of amides is 2. The number of urea groups is 1. The molecule has 1 atom stereocenters. The van der Waals surface area contributed by atoms with Crippen molar-refractivity contribution < 1.29 is 9.90 Å². The average molecular weight is 337 g/mol. The van der Waals surface area contributed by atoms with Crippen LogP contribution in [0.1, 0.15) is 43.0 Å². The SMILES string of the molecule is C[C@H](CNC(=O)NC1CCC(O)CC1)N1CCc2sccc2C1. The van der Waals surface area contributed by atoms with Gasteiger partial charge < -0.3 is 15.7 Å². The summed E-state index contributed by atoms with van der Waals surface area (Å²) in [5.41, 5.74) is 1.44. The highest BCUT2D eigenvalue weighted by Crippen LogP contribution is 2.25. The summed E-state index contributed by atoms with van der Waals surface area (Å²) in [6.45, 7) is 4.90. The second-order valence-corrected chi connectivity index (χ2v) is 7.80. The summed E-state index contributed by atoms with van der Waals surface area (Å²) in [5, 5.41) is 17.7. The fourth-order valence-electron chi connectivity index (χ4n) is 3.47. The van der Waals surface area contributed by atoms with Crippen LogP contribution in [0.5, 0.6) is 0 Å². The van der Waals surface area contributed by atoms with E-state index >= 15 is 0 Å². The molecule has 2 heterocycles. The number of fused-ring (bicyclic) bond motifs is 1. The molecule has 1 fully saturated rings. The largest absolute Gasteiger partial charge is 0.393 e. The van der Waals surface area contributed by atoms with Crippen LogP contribution < -0.4 is 10.6 Å². The van der Waals surface area contributed by atoms with Gasteiger partial charge in [0.1, 0.15) is 0 Å². The highest BCUT2D eigenvalue weighted by Gasteiger charge is 2.23. The molecule has 2 amide bonds. The van der Waals surface area contributed by atoms with Crippen LogP contribution in [-0.4, -0.2) is 47.3 Å². The van der Waals surface area contributed by atoms with Crippen LogP contribution in [0.3, 0.4) is 0 Å². The number of nitrogens with one attached hydrogen (secondary N) is 2. The molecule has 1 saturated carbocycles. The Bertz CT molecular complexity index is 526. The molecule has 6 heteroatoms. The van der Waals surface area contributed by atoms with Gasteiger partial charge in [0, 0.05) is 36.6 Å². The summed E-state index contributed by atoms with van der Waals surface area (Å²) >= 11 is 1.85. The van der Waals surface area contributed by atoms with E-state index in [-0.39, 0.29) is 18.2 Å². The lowest BCUT2D eigenvalue weighted by Gasteiger charge is -2.33. The number of aliphatic hydroxyl groups excluding tert-OH is 1. The van der Waals surface area contributed by atoms with Crippen LogP contribution in [0, 0.1) is 0 Å². The van der Waals surface area contributed by atoms with Gasteiger partial charge in [-0.3, -0.25) is 4.90 Å². The van der Waals surface area contributed by atoms with E-state index in [0.717, 1.165) is 45.2 Å². The van der Waals surface area contributed by atoms with Gasteiger partial charge in [0.15, 0.2) is 0 Å². The van der Waals surface area contributed by atoms with Crippen LogP contribution in [0.2, 0.25) is 0 Å². The van der Waals surface area contributed by atoms with Gasteiger partial charge in [0.05, 0.1) is 6.10 Å². The Balaban J connectivity index is 1.39. The van der Waals surface area contributed by atoms with Gasteiger partial charge >= 0.3 is 6.03 Å². The predicted molar refractivity (Wildman–Crippen MR) is 92.7 cm³/mol. The Hall–Kier alpha value is -1.11. The maximum atomic E-state index is 12.0. The van der Waals surface area contributed by atoms with Gasteiger partial charge in [-0.15, -0.1) is 11.3 Å². The number of hydrogen-bond donors (Lipinski definition) is 3. The molecule has 0 bridgehead atoms. The van der Waals surface area contributed by atoms with E-state index in [9.17, 15) is 9.90 Å². The van der Waals surface area contributed by atoms with Crippen molar-refractivity contribution in [2.75, 3.05) is 13.1 Å². The number of carbonyl (C=O) groups excluding carboxylic acids is 1. The molecule has 3 rings (SSSR count). The monoisotopic (exact) mass is 337 g/mol. The van der Waals surface area contributed by atoms with Gasteiger partial charge in [-0.05, 0) is 56.0 Å². The Morgan fingerprint density at radius 1 is 1.43 bits per heavy atom. The predicted octanol–water partition coefficient (Wildman–Crippen LogP) is 2.10. The lowest BCUT2D eigenvalue weighted by molar-refractivity contribution is 0.117. The van der Waals surface area contributed by atoms with Crippen LogP contribution in [0.25, 0.3) is 0 Å². The summed E-state index contributed by atoms with van der Waals surface area (Å²) in [5.74, 6) is 0. The third kappa shape index (κ3) is 4.46. The minimum atomic E-state index is -0.183. The quantitative estimate of drug-likeness (QED) is 0.788. The van der Waals surface area contributed by atoms with Crippen LogP contribution in [-0.2, 0) is 13.0 Å². The summed E-state index contributed by atoms with van der Waals surface area (Å²) in [6, 6.07) is 2.68. The molecule has 5 nitrogen and oxygen atoms in total. The normalized spacial score (nSPS) is 26.3. The van der Waals surface area contributed by atoms with E-state index in [2.05, 4.69) is 33.9 Å². The topological polar surface area (TPSA) is 64.6 Å². The minimum absolute atomic E-state index is 0.0773. The first-order chi connectivity index (χ1) is 11.1. The van der Waals surface area contributed by atoms with E-state index in [4.69, 9.17) is 0 Å². The van der Waals surface area contributed by atoms with E-state index in [1.165, 1.54) is 10.4 Å². The highest BCUT2D eigenvalue weighted by atomic mass is 32.1. The first kappa shape index (κ1) is 16.7. The zero-order valence-corrected chi connectivity index (χ0v) is 14.6. The number of nitrogens with zero attached hydrogens (tertiary/aromatic N) is 1. The molecule has 1 aliphatic heterocycles. The van der Waals surface area contributed by atoms with Crippen molar-refractivity contribution in [2.45, 2.75) is 63.8 Å². The molecule has 0 radical (unpaired) electrons. The second-order valence-electron chi connectivity index (χ2n) is 6.80. The smallest absolute Gasteiger partial charge is 0.315 e.